The fourth-order valence-electron chi connectivity index (χ4n) is 6.24. The number of ether oxygens (including phenoxy) is 1. The van der Waals surface area contributed by atoms with Crippen LogP contribution in [0.5, 0.6) is 0 Å². The van der Waals surface area contributed by atoms with Crippen LogP contribution in [0.15, 0.2) is 25.3 Å². The number of rotatable bonds is 15. The highest BCUT2D eigenvalue weighted by molar-refractivity contribution is 8.02. The van der Waals surface area contributed by atoms with Gasteiger partial charge in [-0.25, -0.2) is 0 Å². The molecule has 3 fully saturated rings. The Balaban J connectivity index is 1.95. The van der Waals surface area contributed by atoms with Gasteiger partial charge >= 0.3 is 5.97 Å². The summed E-state index contributed by atoms with van der Waals surface area (Å²) in [6.45, 7) is 14.7. The molecule has 2 amide bonds. The summed E-state index contributed by atoms with van der Waals surface area (Å²) >= 11 is 1.64. The number of unbranched alkanes of at least 4 members (excludes halogenated alkanes) is 3. The van der Waals surface area contributed by atoms with E-state index in [1.807, 2.05) is 19.9 Å². The third-order valence-corrected chi connectivity index (χ3v) is 10.00. The lowest BCUT2D eigenvalue weighted by Crippen LogP contribution is -2.58. The molecule has 3 aliphatic heterocycles. The summed E-state index contributed by atoms with van der Waals surface area (Å²) in [5.74, 6) is -1.78. The van der Waals surface area contributed by atoms with Crippen LogP contribution in [0.4, 0.5) is 0 Å². The third kappa shape index (κ3) is 5.26. The standard InChI is InChI=1S/C28H44N2O5S/c1-6-9-11-12-17-35-27(34)22-21-13-14-28(36-21)23(22)25(32)30(20(18-31)19(4)5)24(28)26(33)29(15-8-3)16-10-7-2/h6,8,19-24,31H,1,3,7,9-18H2,2,4-5H3/t20-,21-,22+,23-,24?,28?/m0/s1. The normalized spacial score (nSPS) is 29.4. The number of hydrogen-bond acceptors (Lipinski definition) is 6. The first kappa shape index (κ1) is 28.8. The molecule has 2 bridgehead atoms. The first-order valence-electron chi connectivity index (χ1n) is 13.6. The maximum Gasteiger partial charge on any atom is 0.310 e. The van der Waals surface area contributed by atoms with Crippen molar-refractivity contribution < 1.29 is 24.2 Å². The minimum atomic E-state index is -0.702. The van der Waals surface area contributed by atoms with E-state index in [0.717, 1.165) is 38.5 Å². The smallest absolute Gasteiger partial charge is 0.310 e. The molecule has 0 aliphatic carbocycles. The maximum atomic E-state index is 14.2. The Morgan fingerprint density at radius 2 is 2.03 bits per heavy atom. The Bertz CT molecular complexity index is 833. The molecule has 7 nitrogen and oxygen atoms in total. The summed E-state index contributed by atoms with van der Waals surface area (Å²) in [4.78, 5) is 45.0. The van der Waals surface area contributed by atoms with Crippen LogP contribution < -0.4 is 0 Å². The second kappa shape index (κ2) is 12.6. The summed E-state index contributed by atoms with van der Waals surface area (Å²) in [6.07, 6.45) is 9.41. The zero-order valence-corrected chi connectivity index (χ0v) is 23.0. The summed E-state index contributed by atoms with van der Waals surface area (Å²) in [5.41, 5.74) is 0. The van der Waals surface area contributed by atoms with E-state index in [-0.39, 0.29) is 35.6 Å². The Morgan fingerprint density at radius 3 is 2.64 bits per heavy atom. The van der Waals surface area contributed by atoms with Crippen molar-refractivity contribution >= 4 is 29.5 Å². The number of carbonyl (C=O) groups is 3. The minimum absolute atomic E-state index is 0.0211. The van der Waals surface area contributed by atoms with Gasteiger partial charge in [-0.1, -0.05) is 39.3 Å². The van der Waals surface area contributed by atoms with Crippen LogP contribution in [0, 0.1) is 17.8 Å². The van der Waals surface area contributed by atoms with E-state index in [0.29, 0.717) is 26.1 Å². The number of carbonyl (C=O) groups excluding carboxylic acids is 3. The molecule has 202 valence electrons. The van der Waals surface area contributed by atoms with Gasteiger partial charge in [0.25, 0.3) is 0 Å². The molecule has 0 aromatic rings. The van der Waals surface area contributed by atoms with E-state index in [2.05, 4.69) is 20.1 Å². The van der Waals surface area contributed by atoms with Gasteiger partial charge in [-0.2, -0.15) is 0 Å². The second-order valence-corrected chi connectivity index (χ2v) is 12.3. The van der Waals surface area contributed by atoms with Crippen LogP contribution in [-0.4, -0.2) is 81.1 Å². The van der Waals surface area contributed by atoms with E-state index in [1.165, 1.54) is 0 Å². The molecule has 8 heteroatoms. The van der Waals surface area contributed by atoms with Gasteiger partial charge in [0.05, 0.1) is 35.8 Å². The number of allylic oxidation sites excluding steroid dienone is 1. The molecule has 0 radical (unpaired) electrons. The molecular weight excluding hydrogens is 476 g/mol. The van der Waals surface area contributed by atoms with Crippen molar-refractivity contribution in [3.05, 3.63) is 25.3 Å². The number of hydrogen-bond donors (Lipinski definition) is 1. The van der Waals surface area contributed by atoms with Crippen molar-refractivity contribution in [2.24, 2.45) is 17.8 Å². The average Bonchev–Trinajstić information content (AvgIpc) is 3.49. The van der Waals surface area contributed by atoms with Gasteiger partial charge in [0.2, 0.25) is 11.8 Å². The Hall–Kier alpha value is -1.80. The molecule has 0 saturated carbocycles. The molecule has 3 aliphatic rings. The minimum Gasteiger partial charge on any atom is -0.465 e. The van der Waals surface area contributed by atoms with E-state index in [1.54, 1.807) is 27.6 Å². The topological polar surface area (TPSA) is 87.2 Å². The van der Waals surface area contributed by atoms with Gasteiger partial charge in [0.1, 0.15) is 6.04 Å². The number of likely N-dealkylation sites (tertiary alicyclic amines) is 1. The van der Waals surface area contributed by atoms with Crippen molar-refractivity contribution in [2.75, 3.05) is 26.3 Å². The number of nitrogens with zero attached hydrogens (tertiary/aromatic N) is 2. The number of aliphatic hydroxyl groups excluding tert-OH is 1. The molecule has 1 spiro atoms. The van der Waals surface area contributed by atoms with Gasteiger partial charge in [-0.05, 0) is 44.4 Å². The zero-order valence-electron chi connectivity index (χ0n) is 22.2. The molecule has 3 rings (SSSR count). The molecule has 36 heavy (non-hydrogen) atoms. The number of fused-ring (bicyclic) bond motifs is 1. The van der Waals surface area contributed by atoms with Crippen LogP contribution in [0.3, 0.4) is 0 Å². The van der Waals surface area contributed by atoms with Crippen molar-refractivity contribution in [2.45, 2.75) is 87.8 Å². The van der Waals surface area contributed by atoms with Crippen molar-refractivity contribution in [3.8, 4) is 0 Å². The molecule has 1 N–H and O–H groups in total. The van der Waals surface area contributed by atoms with Crippen molar-refractivity contribution in [1.29, 1.82) is 0 Å². The lowest BCUT2D eigenvalue weighted by atomic mass is 9.71. The van der Waals surface area contributed by atoms with Crippen molar-refractivity contribution in [3.63, 3.8) is 0 Å². The van der Waals surface area contributed by atoms with Crippen molar-refractivity contribution in [1.82, 2.24) is 9.80 Å². The first-order valence-corrected chi connectivity index (χ1v) is 14.4. The Labute approximate surface area is 220 Å². The number of aliphatic hydroxyl groups is 1. The molecule has 3 saturated heterocycles. The zero-order chi connectivity index (χ0) is 26.5. The molecule has 0 aromatic heterocycles. The monoisotopic (exact) mass is 520 g/mol. The Morgan fingerprint density at radius 1 is 1.28 bits per heavy atom. The van der Waals surface area contributed by atoms with Gasteiger partial charge in [-0.3, -0.25) is 14.4 Å². The lowest BCUT2D eigenvalue weighted by Gasteiger charge is -2.40. The summed E-state index contributed by atoms with van der Waals surface area (Å²) < 4.78 is 5.00. The van der Waals surface area contributed by atoms with Crippen LogP contribution in [-0.2, 0) is 19.1 Å². The quantitative estimate of drug-likeness (QED) is 0.201. The summed E-state index contributed by atoms with van der Waals surface area (Å²) in [5, 5.41) is 10.3. The van der Waals surface area contributed by atoms with Crippen LogP contribution in [0.25, 0.3) is 0 Å². The first-order chi connectivity index (χ1) is 17.3. The second-order valence-electron chi connectivity index (χ2n) is 10.7. The molecule has 2 unspecified atom stereocenters. The molecule has 6 atom stereocenters. The van der Waals surface area contributed by atoms with E-state index >= 15 is 0 Å². The number of thioether (sulfide) groups is 1. The predicted molar refractivity (Wildman–Crippen MR) is 143 cm³/mol. The van der Waals surface area contributed by atoms with E-state index in [4.69, 9.17) is 4.74 Å². The predicted octanol–water partition coefficient (Wildman–Crippen LogP) is 3.81. The van der Waals surface area contributed by atoms with Crippen LogP contribution in [0.1, 0.15) is 65.7 Å². The van der Waals surface area contributed by atoms with E-state index < -0.39 is 28.7 Å². The molecule has 0 aromatic carbocycles. The number of amides is 2. The van der Waals surface area contributed by atoms with Gasteiger partial charge in [0.15, 0.2) is 0 Å². The molecular formula is C28H44N2O5S. The lowest BCUT2D eigenvalue weighted by molar-refractivity contribution is -0.155. The fraction of sp³-hybridized carbons (Fsp3) is 0.750. The summed E-state index contributed by atoms with van der Waals surface area (Å²) in [7, 11) is 0. The largest absolute Gasteiger partial charge is 0.465 e. The van der Waals surface area contributed by atoms with Gasteiger partial charge in [0, 0.05) is 18.3 Å². The van der Waals surface area contributed by atoms with Gasteiger partial charge < -0.3 is 19.6 Å². The maximum absolute atomic E-state index is 14.2. The van der Waals surface area contributed by atoms with Gasteiger partial charge in [-0.15, -0.1) is 24.9 Å². The highest BCUT2D eigenvalue weighted by Gasteiger charge is 2.74. The van der Waals surface area contributed by atoms with Crippen LogP contribution >= 0.6 is 11.8 Å². The highest BCUT2D eigenvalue weighted by Crippen LogP contribution is 2.67. The highest BCUT2D eigenvalue weighted by atomic mass is 32.2. The average molecular weight is 521 g/mol. The molecule has 3 heterocycles. The Kier molecular flexibility index (Phi) is 10.1. The number of esters is 1. The third-order valence-electron chi connectivity index (χ3n) is 8.05. The van der Waals surface area contributed by atoms with E-state index in [9.17, 15) is 19.5 Å². The van der Waals surface area contributed by atoms with Crippen LogP contribution in [0.2, 0.25) is 0 Å². The summed E-state index contributed by atoms with van der Waals surface area (Å²) in [6, 6.07) is -1.19. The SMILES string of the molecule is C=CCCCCOC(=O)[C@@H]1[C@@H]2CCC3(S2)C(C(=O)N(CC=C)CCCC)N([C@@H](CO)C(C)C)C(=O)[C@H]13. The fourth-order valence-corrected chi connectivity index (χ4v) is 8.43.